The molecule has 1 heterocycles. The number of carbonyl (C=O) groups is 1. The van der Waals surface area contributed by atoms with Crippen molar-refractivity contribution >= 4 is 21.6 Å². The van der Waals surface area contributed by atoms with Crippen LogP contribution in [0.5, 0.6) is 0 Å². The van der Waals surface area contributed by atoms with E-state index in [9.17, 15) is 26.4 Å². The summed E-state index contributed by atoms with van der Waals surface area (Å²) >= 11 is 0. The molecular formula is C33H32F4N4O3S. The van der Waals surface area contributed by atoms with Crippen molar-refractivity contribution in [2.24, 2.45) is 5.73 Å². The van der Waals surface area contributed by atoms with Gasteiger partial charge in [0, 0.05) is 48.9 Å². The number of halogens is 4. The van der Waals surface area contributed by atoms with E-state index in [1.807, 2.05) is 0 Å². The molecule has 1 amide bonds. The fourth-order valence-electron chi connectivity index (χ4n) is 5.67. The average molecular weight is 641 g/mol. The minimum atomic E-state index is -3.80. The van der Waals surface area contributed by atoms with Crippen molar-refractivity contribution in [3.05, 3.63) is 131 Å². The molecule has 0 saturated carbocycles. The number of anilines is 1. The number of piperazine rings is 1. The Bertz CT molecular complexity index is 1740. The summed E-state index contributed by atoms with van der Waals surface area (Å²) in [7, 11) is -3.80. The molecule has 5 rings (SSSR count). The monoisotopic (exact) mass is 640 g/mol. The Kier molecular flexibility index (Phi) is 9.98. The third kappa shape index (κ3) is 7.42. The summed E-state index contributed by atoms with van der Waals surface area (Å²) in [6, 6.07) is 18.1. The molecule has 0 radical (unpaired) electrons. The van der Waals surface area contributed by atoms with Crippen LogP contribution in [-0.4, -0.2) is 50.3 Å². The first kappa shape index (κ1) is 32.3. The number of benzene rings is 4. The molecule has 0 spiro atoms. The molecule has 45 heavy (non-hydrogen) atoms. The van der Waals surface area contributed by atoms with E-state index in [1.165, 1.54) is 46.8 Å². The Labute approximate surface area is 259 Å². The van der Waals surface area contributed by atoms with Gasteiger partial charge in [-0.05, 0) is 72.5 Å². The number of sulfonamides is 1. The van der Waals surface area contributed by atoms with Crippen molar-refractivity contribution in [1.82, 2.24) is 9.62 Å². The molecule has 1 fully saturated rings. The van der Waals surface area contributed by atoms with Crippen LogP contribution >= 0.6 is 0 Å². The average Bonchev–Trinajstić information content (AvgIpc) is 3.02. The first-order chi connectivity index (χ1) is 21.5. The lowest BCUT2D eigenvalue weighted by molar-refractivity contribution is -0.117. The summed E-state index contributed by atoms with van der Waals surface area (Å²) in [5.41, 5.74) is 7.06. The van der Waals surface area contributed by atoms with Gasteiger partial charge in [0.25, 0.3) is 0 Å². The molecular weight excluding hydrogens is 608 g/mol. The zero-order valence-electron chi connectivity index (χ0n) is 24.1. The van der Waals surface area contributed by atoms with Gasteiger partial charge < -0.3 is 16.4 Å². The Morgan fingerprint density at radius 2 is 1.58 bits per heavy atom. The van der Waals surface area contributed by atoms with Gasteiger partial charge in [-0.2, -0.15) is 4.31 Å². The van der Waals surface area contributed by atoms with Crippen LogP contribution in [0.4, 0.5) is 23.2 Å². The molecule has 3 atom stereocenters. The van der Waals surface area contributed by atoms with Gasteiger partial charge in [0.15, 0.2) is 0 Å². The molecule has 236 valence electrons. The van der Waals surface area contributed by atoms with Gasteiger partial charge in [-0.3, -0.25) is 4.79 Å². The van der Waals surface area contributed by atoms with Crippen LogP contribution in [0.3, 0.4) is 0 Å². The van der Waals surface area contributed by atoms with E-state index in [0.717, 1.165) is 24.3 Å². The molecule has 12 heteroatoms. The molecule has 1 saturated heterocycles. The van der Waals surface area contributed by atoms with Crippen molar-refractivity contribution in [2.75, 3.05) is 25.0 Å². The van der Waals surface area contributed by atoms with Crippen LogP contribution < -0.4 is 16.4 Å². The second-order valence-corrected chi connectivity index (χ2v) is 12.7. The van der Waals surface area contributed by atoms with Crippen molar-refractivity contribution in [1.29, 1.82) is 0 Å². The van der Waals surface area contributed by atoms with Crippen LogP contribution in [0, 0.1) is 23.3 Å². The van der Waals surface area contributed by atoms with Crippen molar-refractivity contribution in [3.8, 4) is 0 Å². The van der Waals surface area contributed by atoms with Crippen LogP contribution in [0.15, 0.2) is 95.9 Å². The maximum atomic E-state index is 15.2. The highest BCUT2D eigenvalue weighted by Crippen LogP contribution is 2.31. The van der Waals surface area contributed by atoms with Crippen LogP contribution in [0.1, 0.15) is 29.0 Å². The third-order valence-corrected chi connectivity index (χ3v) is 9.85. The number of rotatable bonds is 10. The predicted molar refractivity (Wildman–Crippen MR) is 163 cm³/mol. The molecule has 1 unspecified atom stereocenters. The third-order valence-electron chi connectivity index (χ3n) is 7.89. The Balaban J connectivity index is 1.38. The first-order valence-corrected chi connectivity index (χ1v) is 15.8. The fourth-order valence-corrected chi connectivity index (χ4v) is 7.35. The van der Waals surface area contributed by atoms with Crippen molar-refractivity contribution in [2.45, 2.75) is 35.7 Å². The van der Waals surface area contributed by atoms with Crippen molar-refractivity contribution < 1.29 is 30.8 Å². The fraction of sp³-hybridized carbons (Fsp3) is 0.242. The quantitative estimate of drug-likeness (QED) is 0.213. The second kappa shape index (κ2) is 13.9. The van der Waals surface area contributed by atoms with Gasteiger partial charge in [-0.15, -0.1) is 0 Å². The van der Waals surface area contributed by atoms with Crippen LogP contribution in [-0.2, 0) is 21.2 Å². The summed E-state index contributed by atoms with van der Waals surface area (Å²) < 4.78 is 85.5. The highest BCUT2D eigenvalue weighted by molar-refractivity contribution is 7.89. The molecule has 0 aliphatic carbocycles. The van der Waals surface area contributed by atoms with Gasteiger partial charge in [0.2, 0.25) is 15.9 Å². The molecule has 4 aromatic rings. The van der Waals surface area contributed by atoms with Crippen molar-refractivity contribution in [3.63, 3.8) is 0 Å². The second-order valence-electron chi connectivity index (χ2n) is 10.8. The number of nitrogens with one attached hydrogen (secondary N) is 2. The topological polar surface area (TPSA) is 105 Å². The number of hydrogen-bond acceptors (Lipinski definition) is 5. The molecule has 4 aromatic carbocycles. The minimum absolute atomic E-state index is 0.0609. The van der Waals surface area contributed by atoms with E-state index in [0.29, 0.717) is 24.7 Å². The van der Waals surface area contributed by atoms with E-state index < -0.39 is 57.2 Å². The Morgan fingerprint density at radius 3 is 2.27 bits per heavy atom. The maximum Gasteiger partial charge on any atom is 0.243 e. The standard InChI is InChI=1S/C33H32F4N4O3S/c34-23-11-9-21(10-12-23)31(22-17-24(35)19-25(36)18-22)32(38)33(42)40-30-8-4-7-29(37)28(30)14-13-26-20-39-15-16-41(26)45(43,44)27-5-2-1-3-6-27/h1-12,17-19,26,31-32,39H,13-16,20,38H2,(H,40,42)/t26-,31?,32+/m1/s1. The molecule has 0 aromatic heterocycles. The first-order valence-electron chi connectivity index (χ1n) is 14.4. The Hall–Kier alpha value is -4.10. The van der Waals surface area contributed by atoms with E-state index in [-0.39, 0.29) is 41.1 Å². The predicted octanol–water partition coefficient (Wildman–Crippen LogP) is 4.94. The molecule has 1 aliphatic rings. The van der Waals surface area contributed by atoms with Crippen LogP contribution in [0.2, 0.25) is 0 Å². The molecule has 4 N–H and O–H groups in total. The largest absolute Gasteiger partial charge is 0.324 e. The highest BCUT2D eigenvalue weighted by Gasteiger charge is 2.34. The highest BCUT2D eigenvalue weighted by atomic mass is 32.2. The lowest BCUT2D eigenvalue weighted by atomic mass is 9.84. The molecule has 1 aliphatic heterocycles. The summed E-state index contributed by atoms with van der Waals surface area (Å²) in [5, 5.41) is 5.85. The van der Waals surface area contributed by atoms with E-state index >= 15 is 4.39 Å². The molecule has 7 nitrogen and oxygen atoms in total. The SMILES string of the molecule is N[C@H](C(=O)Nc1cccc(F)c1CC[C@@H]1CNCCN1S(=O)(=O)c1ccccc1)C(c1ccc(F)cc1)c1cc(F)cc(F)c1. The Morgan fingerprint density at radius 1 is 0.889 bits per heavy atom. The lowest BCUT2D eigenvalue weighted by Crippen LogP contribution is -2.53. The zero-order chi connectivity index (χ0) is 32.1. The number of hydrogen-bond donors (Lipinski definition) is 3. The lowest BCUT2D eigenvalue weighted by Gasteiger charge is -2.35. The van der Waals surface area contributed by atoms with Gasteiger partial charge in [-0.1, -0.05) is 36.4 Å². The van der Waals surface area contributed by atoms with Gasteiger partial charge >= 0.3 is 0 Å². The number of nitrogens with two attached hydrogens (primary N) is 1. The van der Waals surface area contributed by atoms with E-state index in [1.54, 1.807) is 18.2 Å². The maximum absolute atomic E-state index is 15.2. The number of nitrogens with zero attached hydrogens (tertiary/aromatic N) is 1. The van der Waals surface area contributed by atoms with Crippen LogP contribution in [0.25, 0.3) is 0 Å². The van der Waals surface area contributed by atoms with Gasteiger partial charge in [0.1, 0.15) is 23.3 Å². The van der Waals surface area contributed by atoms with Gasteiger partial charge in [0.05, 0.1) is 10.9 Å². The summed E-state index contributed by atoms with van der Waals surface area (Å²) in [6.45, 7) is 1.06. The number of amides is 1. The normalized spacial score (nSPS) is 17.0. The summed E-state index contributed by atoms with van der Waals surface area (Å²) in [6.07, 6.45) is 0.330. The zero-order valence-corrected chi connectivity index (χ0v) is 24.9. The minimum Gasteiger partial charge on any atom is -0.324 e. The summed E-state index contributed by atoms with van der Waals surface area (Å²) in [5.74, 6) is -4.75. The summed E-state index contributed by atoms with van der Waals surface area (Å²) in [4.78, 5) is 13.7. The number of carbonyl (C=O) groups excluding carboxylic acids is 1. The van der Waals surface area contributed by atoms with Gasteiger partial charge in [-0.25, -0.2) is 26.0 Å². The van der Waals surface area contributed by atoms with E-state index in [2.05, 4.69) is 10.6 Å². The molecule has 0 bridgehead atoms. The van der Waals surface area contributed by atoms with E-state index in [4.69, 9.17) is 5.73 Å². The smallest absolute Gasteiger partial charge is 0.243 e.